The molecule has 1 N–H and O–H groups in total. The van der Waals surface area contributed by atoms with Gasteiger partial charge in [-0.05, 0) is 37.1 Å². The fraction of sp³-hybridized carbons (Fsp3) is 0.412. The Labute approximate surface area is 140 Å². The van der Waals surface area contributed by atoms with E-state index in [0.29, 0.717) is 12.2 Å². The van der Waals surface area contributed by atoms with E-state index in [-0.39, 0.29) is 18.4 Å². The molecule has 23 heavy (non-hydrogen) atoms. The summed E-state index contributed by atoms with van der Waals surface area (Å²) in [5.74, 6) is 0.167. The average Bonchev–Trinajstić information content (AvgIpc) is 3.06. The standard InChI is InChI=1S/C17H21N3O2S/c1-23-17-18-10-15(20(17)14-7-3-2-4-8-14)16(22)19-9-5-6-13(11-19)12-21/h2-4,7-8,10,13,21H,5-6,9,11-12H2,1H3. The topological polar surface area (TPSA) is 58.4 Å². The summed E-state index contributed by atoms with van der Waals surface area (Å²) in [6, 6.07) is 9.82. The fourth-order valence-electron chi connectivity index (χ4n) is 3.02. The number of rotatable bonds is 4. The van der Waals surface area contributed by atoms with Gasteiger partial charge in [0.15, 0.2) is 5.16 Å². The fourth-order valence-corrected chi connectivity index (χ4v) is 3.56. The highest BCUT2D eigenvalue weighted by molar-refractivity contribution is 7.98. The van der Waals surface area contributed by atoms with E-state index in [4.69, 9.17) is 0 Å². The molecule has 1 aromatic carbocycles. The lowest BCUT2D eigenvalue weighted by atomic mass is 9.99. The smallest absolute Gasteiger partial charge is 0.272 e. The highest BCUT2D eigenvalue weighted by Gasteiger charge is 2.27. The number of benzene rings is 1. The molecule has 0 bridgehead atoms. The van der Waals surface area contributed by atoms with E-state index in [0.717, 1.165) is 30.2 Å². The number of aromatic nitrogens is 2. The van der Waals surface area contributed by atoms with Crippen LogP contribution in [-0.2, 0) is 0 Å². The first kappa shape index (κ1) is 16.1. The Balaban J connectivity index is 1.94. The number of hydrogen-bond acceptors (Lipinski definition) is 4. The van der Waals surface area contributed by atoms with Crippen molar-refractivity contribution in [3.8, 4) is 5.69 Å². The lowest BCUT2D eigenvalue weighted by Gasteiger charge is -2.32. The van der Waals surface area contributed by atoms with Gasteiger partial charge in [-0.2, -0.15) is 0 Å². The Morgan fingerprint density at radius 3 is 2.87 bits per heavy atom. The van der Waals surface area contributed by atoms with Gasteiger partial charge in [0.25, 0.3) is 5.91 Å². The third kappa shape index (κ3) is 3.28. The number of para-hydroxylation sites is 1. The highest BCUT2D eigenvalue weighted by atomic mass is 32.2. The third-order valence-electron chi connectivity index (χ3n) is 4.21. The zero-order valence-electron chi connectivity index (χ0n) is 13.2. The van der Waals surface area contributed by atoms with Gasteiger partial charge in [0.1, 0.15) is 5.69 Å². The molecule has 1 amide bonds. The molecule has 0 aliphatic carbocycles. The van der Waals surface area contributed by atoms with Crippen molar-refractivity contribution in [2.24, 2.45) is 5.92 Å². The van der Waals surface area contributed by atoms with Gasteiger partial charge < -0.3 is 10.0 Å². The molecule has 2 aromatic rings. The van der Waals surface area contributed by atoms with Crippen LogP contribution in [0.2, 0.25) is 0 Å². The summed E-state index contributed by atoms with van der Waals surface area (Å²) in [6.45, 7) is 1.49. The monoisotopic (exact) mass is 331 g/mol. The van der Waals surface area contributed by atoms with Gasteiger partial charge in [-0.15, -0.1) is 0 Å². The van der Waals surface area contributed by atoms with Gasteiger partial charge in [0.05, 0.1) is 6.20 Å². The van der Waals surface area contributed by atoms with E-state index in [1.807, 2.05) is 46.1 Å². The quantitative estimate of drug-likeness (QED) is 0.874. The first-order valence-electron chi connectivity index (χ1n) is 7.82. The van der Waals surface area contributed by atoms with Crippen LogP contribution < -0.4 is 0 Å². The van der Waals surface area contributed by atoms with Crippen molar-refractivity contribution in [3.63, 3.8) is 0 Å². The van der Waals surface area contributed by atoms with Gasteiger partial charge in [-0.25, -0.2) is 4.98 Å². The van der Waals surface area contributed by atoms with E-state index in [1.54, 1.807) is 6.20 Å². The van der Waals surface area contributed by atoms with E-state index in [9.17, 15) is 9.90 Å². The molecule has 6 heteroatoms. The molecule has 1 aliphatic heterocycles. The molecule has 5 nitrogen and oxygen atoms in total. The first-order chi connectivity index (χ1) is 11.2. The molecule has 0 spiro atoms. The van der Waals surface area contributed by atoms with Crippen molar-refractivity contribution in [2.75, 3.05) is 26.0 Å². The van der Waals surface area contributed by atoms with Gasteiger partial charge in [-0.1, -0.05) is 30.0 Å². The van der Waals surface area contributed by atoms with Crippen LogP contribution in [0.15, 0.2) is 41.7 Å². The molecule has 1 atom stereocenters. The number of nitrogens with zero attached hydrogens (tertiary/aromatic N) is 3. The number of hydrogen-bond donors (Lipinski definition) is 1. The Hall–Kier alpha value is -1.79. The predicted molar refractivity (Wildman–Crippen MR) is 91.1 cm³/mol. The number of likely N-dealkylation sites (tertiary alicyclic amines) is 1. The van der Waals surface area contributed by atoms with Crippen LogP contribution in [0.4, 0.5) is 0 Å². The van der Waals surface area contributed by atoms with Gasteiger partial charge in [-0.3, -0.25) is 9.36 Å². The van der Waals surface area contributed by atoms with Crippen molar-refractivity contribution in [1.82, 2.24) is 14.5 Å². The van der Waals surface area contributed by atoms with Crippen LogP contribution >= 0.6 is 11.8 Å². The summed E-state index contributed by atoms with van der Waals surface area (Å²) >= 11 is 1.52. The molecule has 1 saturated heterocycles. The Morgan fingerprint density at radius 2 is 2.17 bits per heavy atom. The SMILES string of the molecule is CSc1ncc(C(=O)N2CCCC(CO)C2)n1-c1ccccc1. The van der Waals surface area contributed by atoms with Crippen LogP contribution in [0, 0.1) is 5.92 Å². The average molecular weight is 331 g/mol. The maximum absolute atomic E-state index is 13.0. The number of carbonyl (C=O) groups excluding carboxylic acids is 1. The van der Waals surface area contributed by atoms with E-state index < -0.39 is 0 Å². The molecular formula is C17H21N3O2S. The number of amides is 1. The maximum Gasteiger partial charge on any atom is 0.272 e. The number of thioether (sulfide) groups is 1. The minimum absolute atomic E-state index is 0.0141. The summed E-state index contributed by atoms with van der Waals surface area (Å²) in [5, 5.41) is 10.2. The minimum Gasteiger partial charge on any atom is -0.396 e. The molecule has 3 rings (SSSR count). The van der Waals surface area contributed by atoms with Crippen LogP contribution in [0.5, 0.6) is 0 Å². The highest BCUT2D eigenvalue weighted by Crippen LogP contribution is 2.24. The number of piperidine rings is 1. The summed E-state index contributed by atoms with van der Waals surface area (Å²) in [6.07, 6.45) is 5.53. The second-order valence-electron chi connectivity index (χ2n) is 5.74. The zero-order valence-corrected chi connectivity index (χ0v) is 14.0. The van der Waals surface area contributed by atoms with Gasteiger partial charge in [0, 0.05) is 25.4 Å². The van der Waals surface area contributed by atoms with Crippen molar-refractivity contribution in [3.05, 3.63) is 42.2 Å². The zero-order chi connectivity index (χ0) is 16.2. The van der Waals surface area contributed by atoms with Crippen LogP contribution in [0.3, 0.4) is 0 Å². The van der Waals surface area contributed by atoms with Crippen LogP contribution in [0.1, 0.15) is 23.3 Å². The second kappa shape index (κ2) is 7.19. The minimum atomic E-state index is -0.0141. The largest absolute Gasteiger partial charge is 0.396 e. The molecule has 1 unspecified atom stereocenters. The summed E-state index contributed by atoms with van der Waals surface area (Å²) in [5.41, 5.74) is 1.52. The van der Waals surface area contributed by atoms with Crippen LogP contribution in [0.25, 0.3) is 5.69 Å². The molecule has 0 saturated carbocycles. The van der Waals surface area contributed by atoms with E-state index in [2.05, 4.69) is 4.98 Å². The first-order valence-corrected chi connectivity index (χ1v) is 9.04. The number of aliphatic hydroxyl groups excluding tert-OH is 1. The van der Waals surface area contributed by atoms with E-state index in [1.165, 1.54) is 11.8 Å². The number of imidazole rings is 1. The summed E-state index contributed by atoms with van der Waals surface area (Å²) in [4.78, 5) is 19.2. The molecule has 122 valence electrons. The lowest BCUT2D eigenvalue weighted by molar-refractivity contribution is 0.0612. The lowest BCUT2D eigenvalue weighted by Crippen LogP contribution is -2.41. The van der Waals surface area contributed by atoms with Crippen LogP contribution in [-0.4, -0.2) is 51.4 Å². The molecule has 1 fully saturated rings. The molecular weight excluding hydrogens is 310 g/mol. The van der Waals surface area contributed by atoms with Crippen molar-refractivity contribution in [1.29, 1.82) is 0 Å². The third-order valence-corrected chi connectivity index (χ3v) is 4.86. The second-order valence-corrected chi connectivity index (χ2v) is 6.52. The van der Waals surface area contributed by atoms with Crippen molar-refractivity contribution < 1.29 is 9.90 Å². The maximum atomic E-state index is 13.0. The molecule has 2 heterocycles. The molecule has 1 aliphatic rings. The normalized spacial score (nSPS) is 18.2. The Kier molecular flexibility index (Phi) is 5.03. The Bertz CT molecular complexity index is 672. The summed E-state index contributed by atoms with van der Waals surface area (Å²) < 4.78 is 1.91. The number of carbonyl (C=O) groups is 1. The van der Waals surface area contributed by atoms with E-state index >= 15 is 0 Å². The van der Waals surface area contributed by atoms with Gasteiger partial charge >= 0.3 is 0 Å². The molecule has 0 radical (unpaired) electrons. The Morgan fingerprint density at radius 1 is 1.39 bits per heavy atom. The van der Waals surface area contributed by atoms with Gasteiger partial charge in [0.2, 0.25) is 0 Å². The van der Waals surface area contributed by atoms with Crippen molar-refractivity contribution >= 4 is 17.7 Å². The van der Waals surface area contributed by atoms with Crippen molar-refractivity contribution in [2.45, 2.75) is 18.0 Å². The molecule has 1 aromatic heterocycles. The predicted octanol–water partition coefficient (Wildman–Crippen LogP) is 2.44. The number of aliphatic hydroxyl groups is 1. The summed E-state index contributed by atoms with van der Waals surface area (Å²) in [7, 11) is 0.